The van der Waals surface area contributed by atoms with E-state index in [-0.39, 0.29) is 19.6 Å². The molecule has 0 aliphatic heterocycles. The lowest BCUT2D eigenvalue weighted by molar-refractivity contribution is -0.142. The molecule has 0 spiro atoms. The summed E-state index contributed by atoms with van der Waals surface area (Å²) in [4.78, 5) is 19.4. The van der Waals surface area contributed by atoms with E-state index in [4.69, 9.17) is 5.11 Å². The Balaban J connectivity index is 2.91. The van der Waals surface area contributed by atoms with Gasteiger partial charge in [-0.25, -0.2) is 4.79 Å². The van der Waals surface area contributed by atoms with E-state index >= 15 is 0 Å². The number of rotatable bonds is 5. The normalized spacial score (nSPS) is 8.89. The van der Waals surface area contributed by atoms with Crippen molar-refractivity contribution >= 4 is 12.3 Å². The predicted molar refractivity (Wildman–Crippen MR) is 29.1 cm³/mol. The molecule has 0 saturated heterocycles. The van der Waals surface area contributed by atoms with Crippen LogP contribution in [0.25, 0.3) is 0 Å². The zero-order chi connectivity index (χ0) is 7.11. The molecule has 4 nitrogen and oxygen atoms in total. The first-order valence-electron chi connectivity index (χ1n) is 2.50. The third-order valence-electron chi connectivity index (χ3n) is 0.606. The van der Waals surface area contributed by atoms with Gasteiger partial charge in [0, 0.05) is 6.42 Å². The third-order valence-corrected chi connectivity index (χ3v) is 0.606. The number of hydrogen-bond donors (Lipinski definition) is 1. The summed E-state index contributed by atoms with van der Waals surface area (Å²) in [5.41, 5.74) is 0. The molecule has 52 valence electrons. The number of carbonyl (C=O) groups is 2. The Labute approximate surface area is 52.4 Å². The molecule has 0 aliphatic rings. The van der Waals surface area contributed by atoms with Crippen molar-refractivity contribution < 1.29 is 19.4 Å². The fourth-order valence-electron chi connectivity index (χ4n) is 0.291. The molecular formula is C5H8O4. The molecular weight excluding hydrogens is 124 g/mol. The Bertz CT molecular complexity index is 99.1. The predicted octanol–water partition coefficient (Wildman–Crippen LogP) is -0.323. The van der Waals surface area contributed by atoms with Crippen LogP contribution in [0.15, 0.2) is 0 Å². The summed E-state index contributed by atoms with van der Waals surface area (Å²) in [6.45, 7) is -0.135. The third kappa shape index (κ3) is 7.10. The van der Waals surface area contributed by atoms with Crippen LogP contribution in [-0.4, -0.2) is 30.6 Å². The SMILES string of the molecule is O=CCCOCC(=O)O. The maximum Gasteiger partial charge on any atom is 0.329 e. The van der Waals surface area contributed by atoms with Crippen LogP contribution >= 0.6 is 0 Å². The van der Waals surface area contributed by atoms with Gasteiger partial charge in [-0.15, -0.1) is 0 Å². The van der Waals surface area contributed by atoms with Crippen molar-refractivity contribution in [2.75, 3.05) is 13.2 Å². The molecule has 0 aromatic heterocycles. The molecule has 4 heteroatoms. The first kappa shape index (κ1) is 8.10. The first-order valence-corrected chi connectivity index (χ1v) is 2.50. The van der Waals surface area contributed by atoms with Gasteiger partial charge in [0.05, 0.1) is 6.61 Å². The van der Waals surface area contributed by atoms with Crippen molar-refractivity contribution in [3.05, 3.63) is 0 Å². The highest BCUT2D eigenvalue weighted by atomic mass is 16.5. The Morgan fingerprint density at radius 3 is 2.78 bits per heavy atom. The second-order valence-electron chi connectivity index (χ2n) is 1.40. The molecule has 0 heterocycles. The van der Waals surface area contributed by atoms with Crippen LogP contribution in [0.1, 0.15) is 6.42 Å². The average Bonchev–Trinajstić information content (AvgIpc) is 1.80. The molecule has 0 atom stereocenters. The minimum absolute atomic E-state index is 0.190. The Hall–Kier alpha value is -0.900. The molecule has 0 fully saturated rings. The zero-order valence-corrected chi connectivity index (χ0v) is 4.87. The van der Waals surface area contributed by atoms with Crippen LogP contribution in [0.2, 0.25) is 0 Å². The van der Waals surface area contributed by atoms with E-state index in [1.165, 1.54) is 0 Å². The van der Waals surface area contributed by atoms with Gasteiger partial charge >= 0.3 is 5.97 Å². The topological polar surface area (TPSA) is 63.6 Å². The monoisotopic (exact) mass is 132 g/mol. The largest absolute Gasteiger partial charge is 0.480 e. The summed E-state index contributed by atoms with van der Waals surface area (Å²) < 4.78 is 4.50. The maximum atomic E-state index is 9.75. The number of aldehydes is 1. The van der Waals surface area contributed by atoms with Crippen LogP contribution in [-0.2, 0) is 14.3 Å². The Morgan fingerprint density at radius 2 is 2.33 bits per heavy atom. The minimum Gasteiger partial charge on any atom is -0.480 e. The van der Waals surface area contributed by atoms with Crippen molar-refractivity contribution in [3.63, 3.8) is 0 Å². The standard InChI is InChI=1S/C5H8O4/c6-2-1-3-9-4-5(7)8/h2H,1,3-4H2,(H,7,8). The van der Waals surface area contributed by atoms with Gasteiger partial charge in [0.15, 0.2) is 0 Å². The van der Waals surface area contributed by atoms with Crippen LogP contribution in [0.3, 0.4) is 0 Å². The number of ether oxygens (including phenoxy) is 1. The number of aliphatic carboxylic acids is 1. The zero-order valence-electron chi connectivity index (χ0n) is 4.87. The van der Waals surface area contributed by atoms with E-state index in [1.807, 2.05) is 0 Å². The van der Waals surface area contributed by atoms with E-state index in [9.17, 15) is 9.59 Å². The van der Waals surface area contributed by atoms with Gasteiger partial charge in [-0.3, -0.25) is 0 Å². The van der Waals surface area contributed by atoms with Gasteiger partial charge in [0.1, 0.15) is 12.9 Å². The van der Waals surface area contributed by atoms with Gasteiger partial charge < -0.3 is 14.6 Å². The lowest BCUT2D eigenvalue weighted by Crippen LogP contribution is -2.07. The molecule has 1 N–H and O–H groups in total. The fourth-order valence-corrected chi connectivity index (χ4v) is 0.291. The molecule has 0 unspecified atom stereocenters. The molecule has 0 saturated carbocycles. The second-order valence-corrected chi connectivity index (χ2v) is 1.40. The first-order chi connectivity index (χ1) is 4.27. The minimum atomic E-state index is -1.01. The summed E-state index contributed by atoms with van der Waals surface area (Å²) in [6, 6.07) is 0. The van der Waals surface area contributed by atoms with Crippen molar-refractivity contribution in [2.24, 2.45) is 0 Å². The highest BCUT2D eigenvalue weighted by Gasteiger charge is 1.93. The molecule has 0 amide bonds. The molecule has 0 bridgehead atoms. The van der Waals surface area contributed by atoms with E-state index < -0.39 is 5.97 Å². The molecule has 0 aliphatic carbocycles. The Kier molecular flexibility index (Phi) is 4.72. The second kappa shape index (κ2) is 5.24. The summed E-state index contributed by atoms with van der Waals surface area (Å²) >= 11 is 0. The molecule has 0 aromatic rings. The molecule has 0 radical (unpaired) electrons. The summed E-state index contributed by atoms with van der Waals surface area (Å²) in [5, 5.41) is 8.00. The van der Waals surface area contributed by atoms with E-state index in [1.54, 1.807) is 0 Å². The van der Waals surface area contributed by atoms with Crippen LogP contribution in [0.5, 0.6) is 0 Å². The van der Waals surface area contributed by atoms with Crippen molar-refractivity contribution in [2.45, 2.75) is 6.42 Å². The molecule has 0 aromatic carbocycles. The van der Waals surface area contributed by atoms with Crippen molar-refractivity contribution in [3.8, 4) is 0 Å². The lowest BCUT2D eigenvalue weighted by Gasteiger charge is -1.93. The number of hydrogen-bond acceptors (Lipinski definition) is 3. The maximum absolute atomic E-state index is 9.75. The van der Waals surface area contributed by atoms with Crippen molar-refractivity contribution in [1.29, 1.82) is 0 Å². The average molecular weight is 132 g/mol. The summed E-state index contributed by atoms with van der Waals surface area (Å²) in [5.74, 6) is -1.01. The Morgan fingerprint density at radius 1 is 1.67 bits per heavy atom. The van der Waals surface area contributed by atoms with Gasteiger partial charge in [0.2, 0.25) is 0 Å². The number of carbonyl (C=O) groups excluding carboxylic acids is 1. The summed E-state index contributed by atoms with van der Waals surface area (Å²) in [7, 11) is 0. The molecule has 0 rings (SSSR count). The highest BCUT2D eigenvalue weighted by molar-refractivity contribution is 5.68. The van der Waals surface area contributed by atoms with E-state index in [0.717, 1.165) is 0 Å². The van der Waals surface area contributed by atoms with Crippen LogP contribution < -0.4 is 0 Å². The van der Waals surface area contributed by atoms with E-state index in [0.29, 0.717) is 6.29 Å². The van der Waals surface area contributed by atoms with Crippen LogP contribution in [0, 0.1) is 0 Å². The smallest absolute Gasteiger partial charge is 0.329 e. The van der Waals surface area contributed by atoms with Gasteiger partial charge in [-0.05, 0) is 0 Å². The fraction of sp³-hybridized carbons (Fsp3) is 0.600. The lowest BCUT2D eigenvalue weighted by atomic mass is 10.5. The number of carboxylic acid groups (broad SMARTS) is 1. The number of carboxylic acids is 1. The van der Waals surface area contributed by atoms with Gasteiger partial charge in [-0.1, -0.05) is 0 Å². The van der Waals surface area contributed by atoms with Crippen LogP contribution in [0.4, 0.5) is 0 Å². The highest BCUT2D eigenvalue weighted by Crippen LogP contribution is 1.76. The van der Waals surface area contributed by atoms with Crippen molar-refractivity contribution in [1.82, 2.24) is 0 Å². The van der Waals surface area contributed by atoms with E-state index in [2.05, 4.69) is 4.74 Å². The molecule has 9 heavy (non-hydrogen) atoms. The van der Waals surface area contributed by atoms with Gasteiger partial charge in [-0.2, -0.15) is 0 Å². The summed E-state index contributed by atoms with van der Waals surface area (Å²) in [6.07, 6.45) is 0.940. The van der Waals surface area contributed by atoms with Gasteiger partial charge in [0.25, 0.3) is 0 Å². The quantitative estimate of drug-likeness (QED) is 0.411.